The molecule has 2 aromatic rings. The molecular formula is C23H35N3O3. The highest BCUT2D eigenvalue weighted by molar-refractivity contribution is 5.78. The molecule has 0 spiro atoms. The molecule has 0 aliphatic carbocycles. The summed E-state index contributed by atoms with van der Waals surface area (Å²) in [6, 6.07) is 7.21. The van der Waals surface area contributed by atoms with Crippen molar-refractivity contribution in [2.75, 3.05) is 20.3 Å². The number of para-hydroxylation sites is 1. The zero-order chi connectivity index (χ0) is 21.4. The molecule has 0 N–H and O–H groups in total. The average Bonchev–Trinajstić information content (AvgIpc) is 2.69. The van der Waals surface area contributed by atoms with Gasteiger partial charge >= 0.3 is 0 Å². The molecule has 1 heterocycles. The molecule has 0 radical (unpaired) electrons. The molecule has 0 bridgehead atoms. The van der Waals surface area contributed by atoms with E-state index in [0.29, 0.717) is 49.3 Å². The van der Waals surface area contributed by atoms with Crippen molar-refractivity contribution in [3.8, 4) is 0 Å². The van der Waals surface area contributed by atoms with Crippen molar-refractivity contribution in [2.24, 2.45) is 5.92 Å². The third kappa shape index (κ3) is 5.66. The molecule has 0 saturated heterocycles. The number of methoxy groups -OCH3 is 1. The van der Waals surface area contributed by atoms with Crippen LogP contribution in [0.15, 0.2) is 29.1 Å². The van der Waals surface area contributed by atoms with Crippen molar-refractivity contribution in [1.82, 2.24) is 14.5 Å². The van der Waals surface area contributed by atoms with Crippen molar-refractivity contribution in [1.29, 1.82) is 0 Å². The average molecular weight is 402 g/mol. The van der Waals surface area contributed by atoms with Gasteiger partial charge in [0.2, 0.25) is 5.91 Å². The second-order valence-corrected chi connectivity index (χ2v) is 7.90. The number of ether oxygens (including phenoxy) is 1. The maximum atomic E-state index is 13.2. The van der Waals surface area contributed by atoms with Crippen molar-refractivity contribution >= 4 is 16.8 Å². The number of carbonyl (C=O) groups excluding carboxylic acids is 1. The molecule has 0 saturated carbocycles. The van der Waals surface area contributed by atoms with E-state index in [1.54, 1.807) is 11.7 Å². The Hall–Kier alpha value is -2.21. The van der Waals surface area contributed by atoms with Crippen LogP contribution in [0.1, 0.15) is 65.2 Å². The Labute approximate surface area is 173 Å². The maximum Gasteiger partial charge on any atom is 0.261 e. The Morgan fingerprint density at radius 3 is 2.59 bits per heavy atom. The van der Waals surface area contributed by atoms with Crippen LogP contribution in [-0.4, -0.2) is 40.6 Å². The number of hydrogen-bond acceptors (Lipinski definition) is 4. The summed E-state index contributed by atoms with van der Waals surface area (Å²) in [5.41, 5.74) is 0.658. The minimum atomic E-state index is -0.234. The molecule has 0 aliphatic rings. The van der Waals surface area contributed by atoms with Crippen LogP contribution < -0.4 is 5.56 Å². The Kier molecular flexibility index (Phi) is 8.83. The van der Waals surface area contributed by atoms with E-state index in [9.17, 15) is 9.59 Å². The summed E-state index contributed by atoms with van der Waals surface area (Å²) in [7, 11) is 1.67. The summed E-state index contributed by atoms with van der Waals surface area (Å²) in [6.07, 6.45) is 2.76. The molecular weight excluding hydrogens is 366 g/mol. The van der Waals surface area contributed by atoms with Gasteiger partial charge in [0.05, 0.1) is 16.9 Å². The van der Waals surface area contributed by atoms with Gasteiger partial charge in [-0.2, -0.15) is 0 Å². The minimum Gasteiger partial charge on any atom is -0.385 e. The lowest BCUT2D eigenvalue weighted by Gasteiger charge is -2.33. The largest absolute Gasteiger partial charge is 0.385 e. The summed E-state index contributed by atoms with van der Waals surface area (Å²) in [5, 5.41) is 0.624. The highest BCUT2D eigenvalue weighted by Gasteiger charge is 2.28. The van der Waals surface area contributed by atoms with E-state index in [1.165, 1.54) is 0 Å². The predicted molar refractivity (Wildman–Crippen MR) is 117 cm³/mol. The number of aromatic nitrogens is 2. The Morgan fingerprint density at radius 1 is 1.24 bits per heavy atom. The molecule has 1 atom stereocenters. The van der Waals surface area contributed by atoms with E-state index in [-0.39, 0.29) is 23.4 Å². The quantitative estimate of drug-likeness (QED) is 0.530. The van der Waals surface area contributed by atoms with Gasteiger partial charge in [0.15, 0.2) is 0 Å². The smallest absolute Gasteiger partial charge is 0.261 e. The summed E-state index contributed by atoms with van der Waals surface area (Å²) in [6.45, 7) is 9.97. The number of nitrogens with zero attached hydrogens (tertiary/aromatic N) is 3. The fraction of sp³-hybridized carbons (Fsp3) is 0.609. The summed E-state index contributed by atoms with van der Waals surface area (Å²) in [4.78, 5) is 33.1. The van der Waals surface area contributed by atoms with E-state index >= 15 is 0 Å². The van der Waals surface area contributed by atoms with Crippen molar-refractivity contribution in [3.05, 3.63) is 40.4 Å². The van der Waals surface area contributed by atoms with Gasteiger partial charge in [-0.3, -0.25) is 14.2 Å². The monoisotopic (exact) mass is 401 g/mol. The minimum absolute atomic E-state index is 0.0287. The molecule has 6 nitrogen and oxygen atoms in total. The summed E-state index contributed by atoms with van der Waals surface area (Å²) >= 11 is 0. The molecule has 1 aromatic carbocycles. The van der Waals surface area contributed by atoms with Gasteiger partial charge in [-0.15, -0.1) is 0 Å². The highest BCUT2D eigenvalue weighted by Crippen LogP contribution is 2.26. The van der Waals surface area contributed by atoms with Crippen LogP contribution >= 0.6 is 0 Å². The van der Waals surface area contributed by atoms with Crippen LogP contribution in [0.25, 0.3) is 10.9 Å². The van der Waals surface area contributed by atoms with Crippen molar-refractivity contribution < 1.29 is 9.53 Å². The van der Waals surface area contributed by atoms with Crippen LogP contribution in [-0.2, 0) is 16.1 Å². The number of benzene rings is 1. The summed E-state index contributed by atoms with van der Waals surface area (Å²) in [5.74, 6) is 1.06. The number of amides is 1. The zero-order valence-electron chi connectivity index (χ0n) is 18.5. The number of fused-ring (bicyclic) bond motifs is 1. The lowest BCUT2D eigenvalue weighted by molar-refractivity contribution is -0.135. The van der Waals surface area contributed by atoms with Crippen LogP contribution in [0.2, 0.25) is 0 Å². The highest BCUT2D eigenvalue weighted by atomic mass is 16.5. The van der Waals surface area contributed by atoms with Gasteiger partial charge < -0.3 is 9.64 Å². The van der Waals surface area contributed by atoms with E-state index in [0.717, 1.165) is 12.8 Å². The zero-order valence-corrected chi connectivity index (χ0v) is 18.5. The van der Waals surface area contributed by atoms with Crippen molar-refractivity contribution in [2.45, 2.75) is 66.0 Å². The number of rotatable bonds is 11. The molecule has 1 amide bonds. The fourth-order valence-corrected chi connectivity index (χ4v) is 3.72. The Bertz CT molecular complexity index is 860. The van der Waals surface area contributed by atoms with Crippen LogP contribution in [0, 0.1) is 5.92 Å². The standard InChI is InChI=1S/C23H35N3O3/c1-6-13-26-22(24-19-12-9-8-11-18(19)23(26)28)20(7-2)25(14-10-15-29-5)21(27)16-17(3)4/h8-9,11-12,17,20H,6-7,10,13-16H2,1-5H3. The first kappa shape index (κ1) is 23.1. The van der Waals surface area contributed by atoms with Crippen LogP contribution in [0.4, 0.5) is 0 Å². The van der Waals surface area contributed by atoms with Gasteiger partial charge in [0.1, 0.15) is 5.82 Å². The first-order valence-electron chi connectivity index (χ1n) is 10.7. The Morgan fingerprint density at radius 2 is 1.97 bits per heavy atom. The predicted octanol–water partition coefficient (Wildman–Crippen LogP) is 4.17. The van der Waals surface area contributed by atoms with Crippen molar-refractivity contribution in [3.63, 3.8) is 0 Å². The first-order chi connectivity index (χ1) is 13.9. The summed E-state index contributed by atoms with van der Waals surface area (Å²) < 4.78 is 6.97. The second kappa shape index (κ2) is 11.1. The molecule has 1 aromatic heterocycles. The third-order valence-electron chi connectivity index (χ3n) is 5.05. The second-order valence-electron chi connectivity index (χ2n) is 7.90. The maximum absolute atomic E-state index is 13.2. The molecule has 29 heavy (non-hydrogen) atoms. The molecule has 2 rings (SSSR count). The Balaban J connectivity index is 2.57. The van der Waals surface area contributed by atoms with E-state index in [1.807, 2.05) is 56.9 Å². The van der Waals surface area contributed by atoms with Gasteiger partial charge in [-0.05, 0) is 37.3 Å². The number of carbonyl (C=O) groups is 1. The van der Waals surface area contributed by atoms with E-state index < -0.39 is 0 Å². The lowest BCUT2D eigenvalue weighted by Crippen LogP contribution is -2.40. The van der Waals surface area contributed by atoms with Gasteiger partial charge in [0, 0.05) is 33.2 Å². The molecule has 0 aliphatic heterocycles. The topological polar surface area (TPSA) is 64.4 Å². The normalized spacial score (nSPS) is 12.5. The van der Waals surface area contributed by atoms with Gasteiger partial charge in [-0.25, -0.2) is 4.98 Å². The van der Waals surface area contributed by atoms with Crippen LogP contribution in [0.3, 0.4) is 0 Å². The van der Waals surface area contributed by atoms with E-state index in [4.69, 9.17) is 9.72 Å². The molecule has 0 fully saturated rings. The molecule has 1 unspecified atom stereocenters. The van der Waals surface area contributed by atoms with Gasteiger partial charge in [-0.1, -0.05) is 39.8 Å². The fourth-order valence-electron chi connectivity index (χ4n) is 3.72. The lowest BCUT2D eigenvalue weighted by atomic mass is 10.1. The van der Waals surface area contributed by atoms with E-state index in [2.05, 4.69) is 0 Å². The molecule has 160 valence electrons. The third-order valence-corrected chi connectivity index (χ3v) is 5.05. The number of hydrogen-bond donors (Lipinski definition) is 0. The van der Waals surface area contributed by atoms with Gasteiger partial charge in [0.25, 0.3) is 5.56 Å². The molecule has 6 heteroatoms. The SMILES string of the molecule is CCCn1c(C(CC)N(CCCOC)C(=O)CC(C)C)nc2ccccc2c1=O. The van der Waals surface area contributed by atoms with Crippen LogP contribution in [0.5, 0.6) is 0 Å². The first-order valence-corrected chi connectivity index (χ1v) is 10.7.